The molecule has 0 radical (unpaired) electrons. The van der Waals surface area contributed by atoms with E-state index in [9.17, 15) is 0 Å². The summed E-state index contributed by atoms with van der Waals surface area (Å²) in [4.78, 5) is 0. The molecule has 1 aromatic carbocycles. The van der Waals surface area contributed by atoms with Crippen molar-refractivity contribution in [1.29, 1.82) is 0 Å². The summed E-state index contributed by atoms with van der Waals surface area (Å²) in [7, 11) is 0. The first-order valence-corrected chi connectivity index (χ1v) is 7.72. The van der Waals surface area contributed by atoms with E-state index in [-0.39, 0.29) is 5.38 Å². The molecule has 0 aliphatic rings. The lowest BCUT2D eigenvalue weighted by Crippen LogP contribution is -2.17. The van der Waals surface area contributed by atoms with E-state index in [4.69, 9.17) is 11.6 Å². The van der Waals surface area contributed by atoms with Crippen LogP contribution in [-0.4, -0.2) is 5.38 Å². The van der Waals surface area contributed by atoms with Gasteiger partial charge in [0.05, 0.1) is 0 Å². The number of benzene rings is 1. The predicted octanol–water partition coefficient (Wildman–Crippen LogP) is 5.67. The van der Waals surface area contributed by atoms with Crippen molar-refractivity contribution in [2.75, 3.05) is 0 Å². The monoisotopic (exact) mass is 266 g/mol. The summed E-state index contributed by atoms with van der Waals surface area (Å²) in [5, 5.41) is 0.281. The van der Waals surface area contributed by atoms with Crippen molar-refractivity contribution in [2.45, 2.75) is 65.2 Å². The van der Waals surface area contributed by atoms with Gasteiger partial charge < -0.3 is 0 Å². The summed E-state index contributed by atoms with van der Waals surface area (Å²) in [6, 6.07) is 6.72. The van der Waals surface area contributed by atoms with Crippen LogP contribution in [0.4, 0.5) is 0 Å². The summed E-state index contributed by atoms with van der Waals surface area (Å²) in [6.07, 6.45) is 6.04. The number of rotatable bonds is 7. The highest BCUT2D eigenvalue weighted by atomic mass is 35.5. The van der Waals surface area contributed by atoms with Gasteiger partial charge in [0.1, 0.15) is 0 Å². The minimum Gasteiger partial charge on any atom is -0.122 e. The van der Waals surface area contributed by atoms with Gasteiger partial charge in [0.25, 0.3) is 0 Å². The maximum Gasteiger partial charge on any atom is 0.0404 e. The third-order valence-electron chi connectivity index (χ3n) is 3.97. The Morgan fingerprint density at radius 3 is 2.39 bits per heavy atom. The van der Waals surface area contributed by atoms with Gasteiger partial charge in [-0.25, -0.2) is 0 Å². The maximum absolute atomic E-state index is 6.61. The topological polar surface area (TPSA) is 0 Å². The molecule has 0 spiro atoms. The first kappa shape index (κ1) is 15.6. The fraction of sp³-hybridized carbons (Fsp3) is 0.647. The summed E-state index contributed by atoms with van der Waals surface area (Å²) in [5.41, 5.74) is 4.12. The van der Waals surface area contributed by atoms with E-state index < -0.39 is 0 Å². The van der Waals surface area contributed by atoms with E-state index in [0.717, 1.165) is 6.42 Å². The minimum atomic E-state index is 0.281. The van der Waals surface area contributed by atoms with Crippen LogP contribution in [0.5, 0.6) is 0 Å². The van der Waals surface area contributed by atoms with E-state index in [1.165, 1.54) is 42.4 Å². The molecule has 1 rings (SSSR count). The third kappa shape index (κ3) is 4.65. The number of hydrogen-bond donors (Lipinski definition) is 0. The molecule has 2 unspecified atom stereocenters. The average Bonchev–Trinajstić information content (AvgIpc) is 2.35. The lowest BCUT2D eigenvalue weighted by Gasteiger charge is -2.21. The molecule has 0 aromatic heterocycles. The lowest BCUT2D eigenvalue weighted by atomic mass is 9.91. The molecular formula is C17H27Cl. The van der Waals surface area contributed by atoms with Crippen molar-refractivity contribution < 1.29 is 0 Å². The molecule has 0 saturated carbocycles. The molecule has 0 fully saturated rings. The molecule has 0 amide bonds. The van der Waals surface area contributed by atoms with Gasteiger partial charge in [-0.15, -0.1) is 11.6 Å². The molecule has 0 N–H and O–H groups in total. The molecule has 0 aliphatic carbocycles. The van der Waals surface area contributed by atoms with E-state index in [0.29, 0.717) is 5.92 Å². The predicted molar refractivity (Wildman–Crippen MR) is 82.6 cm³/mol. The van der Waals surface area contributed by atoms with Crippen molar-refractivity contribution in [1.82, 2.24) is 0 Å². The second kappa shape index (κ2) is 7.84. The quantitative estimate of drug-likeness (QED) is 0.558. The number of hydrogen-bond acceptors (Lipinski definition) is 0. The van der Waals surface area contributed by atoms with Crippen LogP contribution in [-0.2, 0) is 6.42 Å². The molecule has 0 heterocycles. The maximum atomic E-state index is 6.61. The second-order valence-electron chi connectivity index (χ2n) is 5.45. The van der Waals surface area contributed by atoms with Gasteiger partial charge in [0.2, 0.25) is 0 Å². The Labute approximate surface area is 118 Å². The average molecular weight is 267 g/mol. The van der Waals surface area contributed by atoms with Crippen LogP contribution in [0.2, 0.25) is 0 Å². The van der Waals surface area contributed by atoms with Crippen molar-refractivity contribution in [3.8, 4) is 0 Å². The molecule has 102 valence electrons. The summed E-state index contributed by atoms with van der Waals surface area (Å²) in [5.74, 6) is 0.660. The van der Waals surface area contributed by atoms with Crippen LogP contribution >= 0.6 is 11.6 Å². The van der Waals surface area contributed by atoms with Crippen LogP contribution in [0.1, 0.15) is 56.2 Å². The van der Waals surface area contributed by atoms with Gasteiger partial charge in [0.15, 0.2) is 0 Å². The van der Waals surface area contributed by atoms with E-state index in [1.54, 1.807) is 0 Å². The zero-order valence-electron chi connectivity index (χ0n) is 12.3. The van der Waals surface area contributed by atoms with E-state index in [1.807, 2.05) is 0 Å². The van der Waals surface area contributed by atoms with Crippen LogP contribution in [0, 0.1) is 19.8 Å². The highest BCUT2D eigenvalue weighted by Gasteiger charge is 2.17. The number of alkyl halides is 1. The number of aryl methyl sites for hydroxylation is 2. The number of halogens is 1. The minimum absolute atomic E-state index is 0.281. The Morgan fingerprint density at radius 2 is 1.83 bits per heavy atom. The fourth-order valence-corrected chi connectivity index (χ4v) is 2.91. The first-order valence-electron chi connectivity index (χ1n) is 7.28. The zero-order chi connectivity index (χ0) is 13.5. The van der Waals surface area contributed by atoms with Crippen molar-refractivity contribution in [2.24, 2.45) is 5.92 Å². The number of unbranched alkanes of at least 4 members (excludes halogenated alkanes) is 1. The van der Waals surface area contributed by atoms with Crippen LogP contribution in [0.3, 0.4) is 0 Å². The molecule has 1 heteroatoms. The molecule has 2 atom stereocenters. The third-order valence-corrected chi connectivity index (χ3v) is 4.48. The van der Waals surface area contributed by atoms with Crippen LogP contribution < -0.4 is 0 Å². The van der Waals surface area contributed by atoms with E-state index in [2.05, 4.69) is 45.9 Å². The summed E-state index contributed by atoms with van der Waals surface area (Å²) in [6.45, 7) is 8.85. The molecule has 0 bridgehead atoms. The Morgan fingerprint density at radius 1 is 1.11 bits per heavy atom. The molecule has 0 saturated heterocycles. The Balaban J connectivity index is 2.61. The Kier molecular flexibility index (Phi) is 6.78. The van der Waals surface area contributed by atoms with Gasteiger partial charge in [-0.1, -0.05) is 51.3 Å². The van der Waals surface area contributed by atoms with Crippen LogP contribution in [0.25, 0.3) is 0 Å². The van der Waals surface area contributed by atoms with Crippen LogP contribution in [0.15, 0.2) is 18.2 Å². The highest BCUT2D eigenvalue weighted by molar-refractivity contribution is 6.20. The Hall–Kier alpha value is -0.490. The normalized spacial score (nSPS) is 14.5. The van der Waals surface area contributed by atoms with Gasteiger partial charge in [-0.3, -0.25) is 0 Å². The van der Waals surface area contributed by atoms with Gasteiger partial charge in [-0.05, 0) is 49.3 Å². The first-order chi connectivity index (χ1) is 8.58. The second-order valence-corrected chi connectivity index (χ2v) is 6.01. The zero-order valence-corrected chi connectivity index (χ0v) is 13.1. The standard InChI is InChI=1S/C17H27Cl/c1-5-7-8-16(6-2)17(18)12-15-10-9-13(3)14(4)11-15/h9-11,16-17H,5-8,12H2,1-4H3. The lowest BCUT2D eigenvalue weighted by molar-refractivity contribution is 0.428. The molecule has 1 aromatic rings. The Bertz CT molecular complexity index is 357. The van der Waals surface area contributed by atoms with Crippen molar-refractivity contribution >= 4 is 11.6 Å². The largest absolute Gasteiger partial charge is 0.122 e. The smallest absolute Gasteiger partial charge is 0.0404 e. The van der Waals surface area contributed by atoms with Crippen molar-refractivity contribution in [3.63, 3.8) is 0 Å². The van der Waals surface area contributed by atoms with Gasteiger partial charge in [0, 0.05) is 5.38 Å². The van der Waals surface area contributed by atoms with Gasteiger partial charge >= 0.3 is 0 Å². The molecular weight excluding hydrogens is 240 g/mol. The fourth-order valence-electron chi connectivity index (χ4n) is 2.43. The molecule has 18 heavy (non-hydrogen) atoms. The van der Waals surface area contributed by atoms with Gasteiger partial charge in [-0.2, -0.15) is 0 Å². The van der Waals surface area contributed by atoms with Crippen molar-refractivity contribution in [3.05, 3.63) is 34.9 Å². The molecule has 0 aliphatic heterocycles. The SMILES string of the molecule is CCCCC(CC)C(Cl)Cc1ccc(C)c(C)c1. The summed E-state index contributed by atoms with van der Waals surface area (Å²) >= 11 is 6.61. The molecule has 0 nitrogen and oxygen atoms in total. The highest BCUT2D eigenvalue weighted by Crippen LogP contribution is 2.25. The van der Waals surface area contributed by atoms with E-state index >= 15 is 0 Å². The summed E-state index contributed by atoms with van der Waals surface area (Å²) < 4.78 is 0.